The molecule has 146 valence electrons. The number of allylic oxidation sites excluding steroid dienone is 2. The van der Waals surface area contributed by atoms with Crippen LogP contribution in [0.2, 0.25) is 0 Å². The van der Waals surface area contributed by atoms with Crippen molar-refractivity contribution in [3.05, 3.63) is 48.0 Å². The normalized spacial score (nSPS) is 12.4. The Morgan fingerprint density at radius 3 is 2.12 bits per heavy atom. The zero-order valence-corrected chi connectivity index (χ0v) is 16.9. The van der Waals surface area contributed by atoms with Gasteiger partial charge in [0.15, 0.2) is 0 Å². The summed E-state index contributed by atoms with van der Waals surface area (Å²) >= 11 is 0. The summed E-state index contributed by atoms with van der Waals surface area (Å²) in [7, 11) is 0. The van der Waals surface area contributed by atoms with Gasteiger partial charge in [-0.2, -0.15) is 0 Å². The van der Waals surface area contributed by atoms with Crippen molar-refractivity contribution >= 4 is 5.97 Å². The van der Waals surface area contributed by atoms with E-state index in [2.05, 4.69) is 19.1 Å². The highest BCUT2D eigenvalue weighted by molar-refractivity contribution is 5.89. The molecule has 0 saturated heterocycles. The van der Waals surface area contributed by atoms with E-state index in [1.165, 1.54) is 64.2 Å². The molecule has 0 amide bonds. The summed E-state index contributed by atoms with van der Waals surface area (Å²) in [5, 5.41) is 0. The van der Waals surface area contributed by atoms with Gasteiger partial charge in [0.05, 0.1) is 11.7 Å². The summed E-state index contributed by atoms with van der Waals surface area (Å²) in [5.74, 6) is -0.207. The average molecular weight is 359 g/mol. The third kappa shape index (κ3) is 11.9. The van der Waals surface area contributed by atoms with Crippen LogP contribution in [0.5, 0.6) is 0 Å². The number of benzene rings is 1. The first-order valence-corrected chi connectivity index (χ1v) is 10.6. The highest BCUT2D eigenvalue weighted by Crippen LogP contribution is 2.13. The summed E-state index contributed by atoms with van der Waals surface area (Å²) in [5.41, 5.74) is 0.638. The molecule has 0 aromatic heterocycles. The van der Waals surface area contributed by atoms with Crippen LogP contribution in [0.3, 0.4) is 0 Å². The first-order valence-electron chi connectivity index (χ1n) is 10.6. The van der Waals surface area contributed by atoms with E-state index in [1.807, 2.05) is 25.1 Å². The Hall–Kier alpha value is -1.57. The van der Waals surface area contributed by atoms with Gasteiger partial charge >= 0.3 is 5.97 Å². The number of carbonyl (C=O) groups excluding carboxylic acids is 1. The van der Waals surface area contributed by atoms with Crippen LogP contribution >= 0.6 is 0 Å². The summed E-state index contributed by atoms with van der Waals surface area (Å²) in [6, 6.07) is 9.24. The molecule has 1 aromatic carbocycles. The summed E-state index contributed by atoms with van der Waals surface area (Å²) in [6.07, 6.45) is 19.8. The standard InChI is InChI=1S/C24H38O2/c1-3-4-5-6-7-8-9-10-11-12-13-14-16-19-22(2)26-24(25)23-20-17-15-18-21-23/h6-7,15,17-18,20-22H,3-5,8-14,16,19H2,1-2H3/b7-6+. The second kappa shape index (κ2) is 15.7. The van der Waals surface area contributed by atoms with E-state index in [1.54, 1.807) is 12.1 Å². The van der Waals surface area contributed by atoms with Crippen LogP contribution in [0.15, 0.2) is 42.5 Å². The number of esters is 1. The molecule has 0 saturated carbocycles. The van der Waals surface area contributed by atoms with Crippen LogP contribution in [0.4, 0.5) is 0 Å². The van der Waals surface area contributed by atoms with Gasteiger partial charge in [0.1, 0.15) is 0 Å². The SMILES string of the molecule is CCCC/C=C/CCCCCCCCCC(C)OC(=O)c1ccccc1. The van der Waals surface area contributed by atoms with Crippen LogP contribution in [0.1, 0.15) is 101 Å². The van der Waals surface area contributed by atoms with E-state index in [4.69, 9.17) is 4.74 Å². The molecule has 1 aromatic rings. The molecule has 0 radical (unpaired) electrons. The first kappa shape index (κ1) is 22.5. The minimum Gasteiger partial charge on any atom is -0.459 e. The predicted octanol–water partition coefficient (Wildman–Crippen LogP) is 7.49. The predicted molar refractivity (Wildman–Crippen MR) is 112 cm³/mol. The average Bonchev–Trinajstić information content (AvgIpc) is 2.66. The topological polar surface area (TPSA) is 26.3 Å². The van der Waals surface area contributed by atoms with Crippen molar-refractivity contribution in [1.29, 1.82) is 0 Å². The van der Waals surface area contributed by atoms with E-state index in [0.29, 0.717) is 5.56 Å². The van der Waals surface area contributed by atoms with Gasteiger partial charge in [0.25, 0.3) is 0 Å². The second-order valence-corrected chi connectivity index (χ2v) is 7.25. The lowest BCUT2D eigenvalue weighted by atomic mass is 10.1. The molecule has 2 nitrogen and oxygen atoms in total. The molecular weight excluding hydrogens is 320 g/mol. The van der Waals surface area contributed by atoms with Gasteiger partial charge in [-0.15, -0.1) is 0 Å². The number of unbranched alkanes of at least 4 members (excludes halogenated alkanes) is 9. The molecular formula is C24H38O2. The zero-order valence-electron chi connectivity index (χ0n) is 16.9. The van der Waals surface area contributed by atoms with Gasteiger partial charge in [-0.05, 0) is 51.2 Å². The number of hydrogen-bond acceptors (Lipinski definition) is 2. The molecule has 1 unspecified atom stereocenters. The van der Waals surface area contributed by atoms with Crippen LogP contribution < -0.4 is 0 Å². The lowest BCUT2D eigenvalue weighted by molar-refractivity contribution is 0.0319. The lowest BCUT2D eigenvalue weighted by Gasteiger charge is -2.13. The molecule has 0 aliphatic carbocycles. The Bertz CT molecular complexity index is 478. The first-order chi connectivity index (χ1) is 12.7. The molecule has 2 heteroatoms. The molecule has 0 N–H and O–H groups in total. The summed E-state index contributed by atoms with van der Waals surface area (Å²) in [6.45, 7) is 4.24. The van der Waals surface area contributed by atoms with Gasteiger partial charge in [-0.3, -0.25) is 0 Å². The Kier molecular flexibility index (Phi) is 13.5. The van der Waals surface area contributed by atoms with Crippen LogP contribution in [0, 0.1) is 0 Å². The maximum atomic E-state index is 12.0. The third-order valence-corrected chi connectivity index (χ3v) is 4.69. The minimum absolute atomic E-state index is 0.00204. The minimum atomic E-state index is -0.207. The van der Waals surface area contributed by atoms with Crippen molar-refractivity contribution in [2.45, 2.75) is 97.0 Å². The smallest absolute Gasteiger partial charge is 0.338 e. The number of ether oxygens (including phenoxy) is 1. The van der Waals surface area contributed by atoms with Crippen molar-refractivity contribution in [1.82, 2.24) is 0 Å². The van der Waals surface area contributed by atoms with Gasteiger partial charge in [-0.25, -0.2) is 4.79 Å². The maximum absolute atomic E-state index is 12.0. The Morgan fingerprint density at radius 1 is 0.885 bits per heavy atom. The van der Waals surface area contributed by atoms with E-state index in [0.717, 1.165) is 12.8 Å². The van der Waals surface area contributed by atoms with Crippen molar-refractivity contribution in [2.24, 2.45) is 0 Å². The second-order valence-electron chi connectivity index (χ2n) is 7.25. The van der Waals surface area contributed by atoms with E-state index in [9.17, 15) is 4.79 Å². The molecule has 26 heavy (non-hydrogen) atoms. The quantitative estimate of drug-likeness (QED) is 0.184. The number of carbonyl (C=O) groups is 1. The van der Waals surface area contributed by atoms with Crippen molar-refractivity contribution in [3.63, 3.8) is 0 Å². The van der Waals surface area contributed by atoms with Crippen molar-refractivity contribution in [2.75, 3.05) is 0 Å². The highest BCUT2D eigenvalue weighted by Gasteiger charge is 2.10. The Labute approximate surface area is 161 Å². The van der Waals surface area contributed by atoms with Gasteiger partial charge in [-0.1, -0.05) is 82.2 Å². The monoisotopic (exact) mass is 358 g/mol. The lowest BCUT2D eigenvalue weighted by Crippen LogP contribution is -2.14. The fourth-order valence-electron chi connectivity index (χ4n) is 3.02. The Morgan fingerprint density at radius 2 is 1.46 bits per heavy atom. The van der Waals surface area contributed by atoms with Crippen LogP contribution in [-0.2, 0) is 4.74 Å². The maximum Gasteiger partial charge on any atom is 0.338 e. The Balaban J connectivity index is 1.91. The molecule has 0 fully saturated rings. The van der Waals surface area contributed by atoms with Gasteiger partial charge in [0, 0.05) is 0 Å². The van der Waals surface area contributed by atoms with E-state index < -0.39 is 0 Å². The third-order valence-electron chi connectivity index (χ3n) is 4.69. The summed E-state index contributed by atoms with van der Waals surface area (Å²) in [4.78, 5) is 12.0. The fraction of sp³-hybridized carbons (Fsp3) is 0.625. The molecule has 0 spiro atoms. The molecule has 0 heterocycles. The molecule has 1 atom stereocenters. The molecule has 0 bridgehead atoms. The van der Waals surface area contributed by atoms with E-state index in [-0.39, 0.29) is 12.1 Å². The van der Waals surface area contributed by atoms with Crippen molar-refractivity contribution < 1.29 is 9.53 Å². The number of hydrogen-bond donors (Lipinski definition) is 0. The zero-order chi connectivity index (χ0) is 18.9. The molecule has 0 aliphatic heterocycles. The fourth-order valence-corrected chi connectivity index (χ4v) is 3.02. The highest BCUT2D eigenvalue weighted by atomic mass is 16.5. The van der Waals surface area contributed by atoms with Crippen molar-refractivity contribution in [3.8, 4) is 0 Å². The molecule has 0 aliphatic rings. The van der Waals surface area contributed by atoms with Crippen LogP contribution in [-0.4, -0.2) is 12.1 Å². The van der Waals surface area contributed by atoms with Crippen LogP contribution in [0.25, 0.3) is 0 Å². The number of rotatable bonds is 15. The van der Waals surface area contributed by atoms with E-state index >= 15 is 0 Å². The van der Waals surface area contributed by atoms with Gasteiger partial charge < -0.3 is 4.74 Å². The summed E-state index contributed by atoms with van der Waals surface area (Å²) < 4.78 is 5.50. The van der Waals surface area contributed by atoms with Gasteiger partial charge in [0.2, 0.25) is 0 Å². The largest absolute Gasteiger partial charge is 0.459 e. The molecule has 1 rings (SSSR count).